The lowest BCUT2D eigenvalue weighted by atomic mass is 10.1. The van der Waals surface area contributed by atoms with Gasteiger partial charge in [-0.05, 0) is 25.7 Å². The fourth-order valence-electron chi connectivity index (χ4n) is 2.94. The highest BCUT2D eigenvalue weighted by Gasteiger charge is 2.49. The monoisotopic (exact) mass is 274 g/mol. The van der Waals surface area contributed by atoms with Crippen molar-refractivity contribution in [2.75, 3.05) is 5.32 Å². The molecule has 0 unspecified atom stereocenters. The summed E-state index contributed by atoms with van der Waals surface area (Å²) in [6, 6.07) is 0. The van der Waals surface area contributed by atoms with E-state index in [-0.39, 0.29) is 5.91 Å². The Morgan fingerprint density at radius 2 is 2.32 bits per heavy atom. The van der Waals surface area contributed by atoms with Crippen molar-refractivity contribution in [3.63, 3.8) is 0 Å². The van der Waals surface area contributed by atoms with Gasteiger partial charge in [0.1, 0.15) is 0 Å². The fourth-order valence-corrected chi connectivity index (χ4v) is 3.48. The summed E-state index contributed by atoms with van der Waals surface area (Å²) in [4.78, 5) is 20.4. The number of amides is 1. The van der Waals surface area contributed by atoms with E-state index in [0.29, 0.717) is 17.1 Å². The van der Waals surface area contributed by atoms with Crippen molar-refractivity contribution in [2.24, 2.45) is 0 Å². The summed E-state index contributed by atoms with van der Waals surface area (Å²) in [6.07, 6.45) is 8.75. The Bertz CT molecular complexity index is 627. The molecule has 1 aliphatic carbocycles. The molecule has 0 radical (unpaired) electrons. The third kappa shape index (κ3) is 1.78. The van der Waals surface area contributed by atoms with Crippen molar-refractivity contribution < 1.29 is 4.79 Å². The van der Waals surface area contributed by atoms with E-state index in [1.807, 2.05) is 11.7 Å². The summed E-state index contributed by atoms with van der Waals surface area (Å²) in [6.45, 7) is 0. The highest BCUT2D eigenvalue weighted by Crippen LogP contribution is 2.52. The Balaban J connectivity index is 1.50. The summed E-state index contributed by atoms with van der Waals surface area (Å²) < 4.78 is 2.30. The smallest absolute Gasteiger partial charge is 0.232 e. The number of carbonyl (C=O) groups is 1. The maximum absolute atomic E-state index is 12.0. The topological polar surface area (TPSA) is 59.8 Å². The molecule has 98 valence electrons. The van der Waals surface area contributed by atoms with Gasteiger partial charge >= 0.3 is 0 Å². The third-order valence-corrected chi connectivity index (χ3v) is 4.81. The van der Waals surface area contributed by atoms with E-state index in [2.05, 4.69) is 19.9 Å². The van der Waals surface area contributed by atoms with Crippen LogP contribution in [0.5, 0.6) is 0 Å². The van der Waals surface area contributed by atoms with Crippen LogP contribution in [0.1, 0.15) is 30.7 Å². The third-order valence-electron chi connectivity index (χ3n) is 4.12. The van der Waals surface area contributed by atoms with Crippen LogP contribution in [0.15, 0.2) is 17.9 Å². The number of thiazole rings is 1. The second kappa shape index (κ2) is 3.90. The van der Waals surface area contributed by atoms with Crippen molar-refractivity contribution in [3.05, 3.63) is 29.3 Å². The van der Waals surface area contributed by atoms with Crippen molar-refractivity contribution in [1.29, 1.82) is 0 Å². The molecule has 0 saturated heterocycles. The lowest BCUT2D eigenvalue weighted by Gasteiger charge is -2.07. The minimum Gasteiger partial charge on any atom is -0.328 e. The van der Waals surface area contributed by atoms with Gasteiger partial charge in [-0.1, -0.05) is 0 Å². The highest BCUT2D eigenvalue weighted by molar-refractivity contribution is 7.13. The zero-order valence-corrected chi connectivity index (χ0v) is 11.2. The van der Waals surface area contributed by atoms with Crippen LogP contribution in [0.4, 0.5) is 5.13 Å². The molecule has 19 heavy (non-hydrogen) atoms. The molecule has 1 spiro atoms. The molecule has 2 aromatic rings. The van der Waals surface area contributed by atoms with Gasteiger partial charge in [-0.15, -0.1) is 11.3 Å². The second-order valence-electron chi connectivity index (χ2n) is 5.29. The van der Waals surface area contributed by atoms with Crippen LogP contribution in [0, 0.1) is 0 Å². The molecule has 1 N–H and O–H groups in total. The predicted molar refractivity (Wildman–Crippen MR) is 72.2 cm³/mol. The van der Waals surface area contributed by atoms with Crippen molar-refractivity contribution in [2.45, 2.75) is 37.6 Å². The van der Waals surface area contributed by atoms with Gasteiger partial charge in [-0.25, -0.2) is 9.97 Å². The van der Waals surface area contributed by atoms with Gasteiger partial charge in [0.05, 0.1) is 18.4 Å². The second-order valence-corrected chi connectivity index (χ2v) is 6.19. The number of aromatic nitrogens is 3. The first-order valence-electron chi connectivity index (χ1n) is 6.52. The Kier molecular flexibility index (Phi) is 2.29. The quantitative estimate of drug-likeness (QED) is 0.930. The maximum atomic E-state index is 12.0. The molecular weight excluding hydrogens is 260 g/mol. The van der Waals surface area contributed by atoms with Crippen LogP contribution in [-0.4, -0.2) is 20.4 Å². The molecule has 1 aliphatic heterocycles. The number of imidazole rings is 1. The van der Waals surface area contributed by atoms with E-state index in [1.54, 1.807) is 6.20 Å². The van der Waals surface area contributed by atoms with E-state index in [0.717, 1.165) is 12.1 Å². The van der Waals surface area contributed by atoms with E-state index < -0.39 is 0 Å². The summed E-state index contributed by atoms with van der Waals surface area (Å²) >= 11 is 1.43. The van der Waals surface area contributed by atoms with E-state index in [1.165, 1.54) is 36.3 Å². The van der Waals surface area contributed by atoms with Crippen LogP contribution in [0.2, 0.25) is 0 Å². The Labute approximate surface area is 114 Å². The van der Waals surface area contributed by atoms with Crippen molar-refractivity contribution in [1.82, 2.24) is 14.5 Å². The van der Waals surface area contributed by atoms with E-state index in [4.69, 9.17) is 0 Å². The zero-order chi connectivity index (χ0) is 12.9. The summed E-state index contributed by atoms with van der Waals surface area (Å²) in [5, 5.41) is 5.31. The van der Waals surface area contributed by atoms with Crippen LogP contribution in [0.3, 0.4) is 0 Å². The molecule has 1 saturated carbocycles. The number of hydrogen-bond acceptors (Lipinski definition) is 4. The van der Waals surface area contributed by atoms with Crippen LogP contribution >= 0.6 is 11.3 Å². The Morgan fingerprint density at radius 3 is 3.05 bits per heavy atom. The van der Waals surface area contributed by atoms with Crippen molar-refractivity contribution >= 4 is 22.4 Å². The number of fused-ring (bicyclic) bond motifs is 2. The normalized spacial score (nSPS) is 18.5. The number of nitrogens with one attached hydrogen (secondary N) is 1. The van der Waals surface area contributed by atoms with Gasteiger partial charge < -0.3 is 9.88 Å². The van der Waals surface area contributed by atoms with Crippen LogP contribution in [-0.2, 0) is 23.2 Å². The average molecular weight is 274 g/mol. The van der Waals surface area contributed by atoms with E-state index >= 15 is 0 Å². The molecule has 6 heteroatoms. The van der Waals surface area contributed by atoms with Crippen LogP contribution < -0.4 is 5.32 Å². The molecule has 1 fully saturated rings. The first-order chi connectivity index (χ1) is 9.27. The summed E-state index contributed by atoms with van der Waals surface area (Å²) in [5.74, 6) is -0.0341. The van der Waals surface area contributed by atoms with Gasteiger partial charge in [0.2, 0.25) is 5.91 Å². The number of hydrogen-bond donors (Lipinski definition) is 1. The van der Waals surface area contributed by atoms with Gasteiger partial charge in [0, 0.05) is 22.8 Å². The Hall–Kier alpha value is -1.69. The molecule has 0 aromatic carbocycles. The molecular formula is C13H14N4OS. The molecule has 4 rings (SSSR count). The minimum absolute atomic E-state index is 0.0341. The number of anilines is 1. The Morgan fingerprint density at radius 1 is 1.42 bits per heavy atom. The minimum atomic E-state index is -0.0341. The highest BCUT2D eigenvalue weighted by atomic mass is 32.1. The molecule has 2 aromatic heterocycles. The molecule has 5 nitrogen and oxygen atoms in total. The number of nitrogens with zero attached hydrogens (tertiary/aromatic N) is 3. The van der Waals surface area contributed by atoms with Gasteiger partial charge in [0.25, 0.3) is 0 Å². The molecule has 0 bridgehead atoms. The standard InChI is InChI=1S/C13H14N4OS/c18-11(16-12-14-5-6-19-12)7-9-10-1-2-13(3-4-13)17(10)8-15-9/h5-6,8H,1-4,7H2,(H,14,16,18). The largest absolute Gasteiger partial charge is 0.328 e. The number of rotatable bonds is 3. The molecule has 0 atom stereocenters. The van der Waals surface area contributed by atoms with Gasteiger partial charge in [-0.2, -0.15) is 0 Å². The summed E-state index contributed by atoms with van der Waals surface area (Å²) in [7, 11) is 0. The SMILES string of the molecule is O=C(Cc1ncn2c1CCC21CC1)Nc1nccs1. The maximum Gasteiger partial charge on any atom is 0.232 e. The zero-order valence-electron chi connectivity index (χ0n) is 10.4. The lowest BCUT2D eigenvalue weighted by molar-refractivity contribution is -0.115. The van der Waals surface area contributed by atoms with Gasteiger partial charge in [-0.3, -0.25) is 4.79 Å². The van der Waals surface area contributed by atoms with Crippen LogP contribution in [0.25, 0.3) is 0 Å². The average Bonchev–Trinajstić information content (AvgIpc) is 2.77. The summed E-state index contributed by atoms with van der Waals surface area (Å²) in [5.41, 5.74) is 2.55. The predicted octanol–water partition coefficient (Wildman–Crippen LogP) is 1.96. The van der Waals surface area contributed by atoms with E-state index in [9.17, 15) is 4.79 Å². The first-order valence-corrected chi connectivity index (χ1v) is 7.40. The fraction of sp³-hybridized carbons (Fsp3) is 0.462. The van der Waals surface area contributed by atoms with Crippen molar-refractivity contribution in [3.8, 4) is 0 Å². The number of carbonyl (C=O) groups excluding carboxylic acids is 1. The van der Waals surface area contributed by atoms with Gasteiger partial charge in [0.15, 0.2) is 5.13 Å². The molecule has 2 aliphatic rings. The lowest BCUT2D eigenvalue weighted by Crippen LogP contribution is -2.15. The molecule has 1 amide bonds. The molecule has 3 heterocycles. The first kappa shape index (κ1) is 11.2.